The lowest BCUT2D eigenvalue weighted by atomic mass is 10.2. The number of H-pyrrole nitrogens is 1. The minimum atomic E-state index is -1.01. The van der Waals surface area contributed by atoms with Gasteiger partial charge in [0.1, 0.15) is 10.6 Å². The molecule has 88 valence electrons. The van der Waals surface area contributed by atoms with Crippen LogP contribution in [0.2, 0.25) is 5.02 Å². The Morgan fingerprint density at radius 1 is 1.53 bits per heavy atom. The van der Waals surface area contributed by atoms with Crippen LogP contribution in [0.5, 0.6) is 0 Å². The highest BCUT2D eigenvalue weighted by molar-refractivity contribution is 7.99. The molecular weight excluding hydrogens is 260 g/mol. The smallest absolute Gasteiger partial charge is 0.340 e. The van der Waals surface area contributed by atoms with Gasteiger partial charge in [-0.2, -0.15) is 5.10 Å². The van der Waals surface area contributed by atoms with Gasteiger partial charge in [-0.1, -0.05) is 35.5 Å². The van der Waals surface area contributed by atoms with Crippen LogP contribution in [0.3, 0.4) is 0 Å². The topological polar surface area (TPSA) is 66.0 Å². The zero-order valence-corrected chi connectivity index (χ0v) is 10.5. The van der Waals surface area contributed by atoms with Crippen molar-refractivity contribution in [2.75, 3.05) is 0 Å². The second-order valence-electron chi connectivity index (χ2n) is 3.41. The van der Waals surface area contributed by atoms with Crippen LogP contribution in [-0.2, 0) is 0 Å². The summed E-state index contributed by atoms with van der Waals surface area (Å²) in [5.41, 5.74) is 1.14. The number of halogens is 1. The SMILES string of the molecule is Cc1cccc(Cl)c1Sc1[nH]ncc1C(=O)O. The number of carboxylic acid groups (broad SMARTS) is 1. The number of benzene rings is 1. The second kappa shape index (κ2) is 4.81. The van der Waals surface area contributed by atoms with Crippen LogP contribution in [0.15, 0.2) is 34.3 Å². The van der Waals surface area contributed by atoms with Crippen molar-refractivity contribution in [2.45, 2.75) is 16.8 Å². The monoisotopic (exact) mass is 268 g/mol. The Balaban J connectivity index is 2.38. The fraction of sp³-hybridized carbons (Fsp3) is 0.0909. The Kier molecular flexibility index (Phi) is 3.40. The lowest BCUT2D eigenvalue weighted by Gasteiger charge is -2.06. The molecule has 0 bridgehead atoms. The molecule has 0 spiro atoms. The summed E-state index contributed by atoms with van der Waals surface area (Å²) in [7, 11) is 0. The fourth-order valence-electron chi connectivity index (χ4n) is 1.35. The standard InChI is InChI=1S/C11H9ClN2O2S/c1-6-3-2-4-8(12)9(6)17-10-7(11(15)16)5-13-14-10/h2-5H,1H3,(H,13,14)(H,15,16). The molecule has 0 saturated carbocycles. The van der Waals surface area contributed by atoms with E-state index >= 15 is 0 Å². The first-order valence-electron chi connectivity index (χ1n) is 4.79. The first-order valence-corrected chi connectivity index (χ1v) is 5.98. The van der Waals surface area contributed by atoms with Gasteiger partial charge in [0.15, 0.2) is 0 Å². The van der Waals surface area contributed by atoms with Gasteiger partial charge in [0.05, 0.1) is 11.2 Å². The predicted octanol–water partition coefficient (Wildman–Crippen LogP) is 3.22. The third-order valence-corrected chi connectivity index (χ3v) is 3.89. The minimum Gasteiger partial charge on any atom is -0.478 e. The quantitative estimate of drug-likeness (QED) is 0.897. The normalized spacial score (nSPS) is 10.5. The fourth-order valence-corrected chi connectivity index (χ4v) is 2.64. The third-order valence-electron chi connectivity index (χ3n) is 2.20. The van der Waals surface area contributed by atoms with Gasteiger partial charge in [0.2, 0.25) is 0 Å². The number of aromatic nitrogens is 2. The Morgan fingerprint density at radius 2 is 2.29 bits per heavy atom. The van der Waals surface area contributed by atoms with E-state index in [1.165, 1.54) is 18.0 Å². The highest BCUT2D eigenvalue weighted by Gasteiger charge is 2.15. The van der Waals surface area contributed by atoms with E-state index in [-0.39, 0.29) is 5.56 Å². The van der Waals surface area contributed by atoms with Gasteiger partial charge in [0, 0.05) is 4.90 Å². The molecule has 2 aromatic rings. The summed E-state index contributed by atoms with van der Waals surface area (Å²) in [4.78, 5) is 11.8. The average Bonchev–Trinajstić information content (AvgIpc) is 2.72. The van der Waals surface area contributed by atoms with Gasteiger partial charge in [-0.15, -0.1) is 0 Å². The van der Waals surface area contributed by atoms with E-state index in [1.807, 2.05) is 19.1 Å². The highest BCUT2D eigenvalue weighted by Crippen LogP contribution is 2.36. The molecule has 0 atom stereocenters. The van der Waals surface area contributed by atoms with E-state index in [2.05, 4.69) is 10.2 Å². The van der Waals surface area contributed by atoms with Crippen LogP contribution in [0, 0.1) is 6.92 Å². The third kappa shape index (κ3) is 2.45. The number of aryl methyl sites for hydroxylation is 1. The molecule has 0 radical (unpaired) electrons. The number of aromatic carboxylic acids is 1. The van der Waals surface area contributed by atoms with Crippen LogP contribution in [-0.4, -0.2) is 21.3 Å². The van der Waals surface area contributed by atoms with Gasteiger partial charge in [0.25, 0.3) is 0 Å². The maximum atomic E-state index is 10.9. The Hall–Kier alpha value is -1.46. The zero-order valence-electron chi connectivity index (χ0n) is 8.90. The molecule has 4 nitrogen and oxygen atoms in total. The molecule has 0 unspecified atom stereocenters. The summed E-state index contributed by atoms with van der Waals surface area (Å²) in [6.07, 6.45) is 1.29. The molecule has 0 aliphatic carbocycles. The summed E-state index contributed by atoms with van der Waals surface area (Å²) in [5, 5.41) is 16.4. The van der Waals surface area contributed by atoms with Crippen molar-refractivity contribution < 1.29 is 9.90 Å². The van der Waals surface area contributed by atoms with E-state index < -0.39 is 5.97 Å². The molecule has 17 heavy (non-hydrogen) atoms. The molecule has 0 aliphatic rings. The lowest BCUT2D eigenvalue weighted by Crippen LogP contribution is -1.96. The molecule has 0 aliphatic heterocycles. The minimum absolute atomic E-state index is 0.148. The Bertz CT molecular complexity index is 548. The number of aromatic amines is 1. The number of carbonyl (C=O) groups is 1. The summed E-state index contributed by atoms with van der Waals surface area (Å²) in [5.74, 6) is -1.01. The molecule has 0 saturated heterocycles. The molecule has 1 aromatic heterocycles. The van der Waals surface area contributed by atoms with E-state index in [9.17, 15) is 4.79 Å². The summed E-state index contributed by atoms with van der Waals surface area (Å²) < 4.78 is 0. The van der Waals surface area contributed by atoms with Gasteiger partial charge < -0.3 is 5.11 Å². The Morgan fingerprint density at radius 3 is 2.94 bits per heavy atom. The van der Waals surface area contributed by atoms with E-state index in [0.29, 0.717) is 10.0 Å². The maximum absolute atomic E-state index is 10.9. The molecule has 6 heteroatoms. The van der Waals surface area contributed by atoms with Crippen molar-refractivity contribution in [3.8, 4) is 0 Å². The number of carboxylic acids is 1. The average molecular weight is 269 g/mol. The lowest BCUT2D eigenvalue weighted by molar-refractivity contribution is 0.0693. The van der Waals surface area contributed by atoms with Crippen LogP contribution >= 0.6 is 23.4 Å². The molecule has 1 heterocycles. The highest BCUT2D eigenvalue weighted by atomic mass is 35.5. The van der Waals surface area contributed by atoms with E-state index in [0.717, 1.165) is 10.5 Å². The summed E-state index contributed by atoms with van der Waals surface area (Å²) in [6.45, 7) is 1.92. The second-order valence-corrected chi connectivity index (χ2v) is 4.83. The predicted molar refractivity (Wildman–Crippen MR) is 65.9 cm³/mol. The van der Waals surface area contributed by atoms with Crippen molar-refractivity contribution in [2.24, 2.45) is 0 Å². The van der Waals surface area contributed by atoms with Crippen molar-refractivity contribution in [1.82, 2.24) is 10.2 Å². The van der Waals surface area contributed by atoms with Crippen molar-refractivity contribution >= 4 is 29.3 Å². The van der Waals surface area contributed by atoms with Gasteiger partial charge >= 0.3 is 5.97 Å². The van der Waals surface area contributed by atoms with Crippen molar-refractivity contribution in [1.29, 1.82) is 0 Å². The van der Waals surface area contributed by atoms with Crippen LogP contribution < -0.4 is 0 Å². The Labute approximate surface area is 107 Å². The van der Waals surface area contributed by atoms with Gasteiger partial charge in [-0.05, 0) is 18.6 Å². The molecule has 2 rings (SSSR count). The largest absolute Gasteiger partial charge is 0.478 e. The van der Waals surface area contributed by atoms with Gasteiger partial charge in [-0.3, -0.25) is 5.10 Å². The zero-order chi connectivity index (χ0) is 12.4. The van der Waals surface area contributed by atoms with Crippen molar-refractivity contribution in [3.63, 3.8) is 0 Å². The molecule has 2 N–H and O–H groups in total. The summed E-state index contributed by atoms with van der Waals surface area (Å²) >= 11 is 7.35. The van der Waals surface area contributed by atoms with Crippen LogP contribution in [0.4, 0.5) is 0 Å². The molecule has 0 fully saturated rings. The van der Waals surface area contributed by atoms with E-state index in [4.69, 9.17) is 16.7 Å². The van der Waals surface area contributed by atoms with Gasteiger partial charge in [-0.25, -0.2) is 4.79 Å². The number of hydrogen-bond donors (Lipinski definition) is 2. The number of nitrogens with zero attached hydrogens (tertiary/aromatic N) is 1. The number of rotatable bonds is 3. The molecule has 0 amide bonds. The number of hydrogen-bond acceptors (Lipinski definition) is 3. The van der Waals surface area contributed by atoms with E-state index in [1.54, 1.807) is 6.07 Å². The molecular formula is C11H9ClN2O2S. The first kappa shape index (κ1) is 12.0. The first-order chi connectivity index (χ1) is 8.09. The maximum Gasteiger partial charge on any atom is 0.340 e. The van der Waals surface area contributed by atoms with Crippen molar-refractivity contribution in [3.05, 3.63) is 40.5 Å². The van der Waals surface area contributed by atoms with Crippen LogP contribution in [0.25, 0.3) is 0 Å². The molecule has 1 aromatic carbocycles. The number of nitrogens with one attached hydrogen (secondary N) is 1. The summed E-state index contributed by atoms with van der Waals surface area (Å²) in [6, 6.07) is 5.55. The van der Waals surface area contributed by atoms with Crippen LogP contribution in [0.1, 0.15) is 15.9 Å².